The smallest absolute Gasteiger partial charge is 0.133 e. The lowest BCUT2D eigenvalue weighted by Gasteiger charge is -2.20. The van der Waals surface area contributed by atoms with Gasteiger partial charge in [0.1, 0.15) is 5.82 Å². The monoisotopic (exact) mass is 257 g/mol. The van der Waals surface area contributed by atoms with Crippen molar-refractivity contribution in [2.24, 2.45) is 0 Å². The molecule has 0 amide bonds. The fraction of sp³-hybridized carbons (Fsp3) is 0.438. The van der Waals surface area contributed by atoms with Crippen molar-refractivity contribution in [1.82, 2.24) is 10.3 Å². The molecule has 0 spiro atoms. The zero-order chi connectivity index (χ0) is 13.7. The fourth-order valence-corrected chi connectivity index (χ4v) is 2.16. The van der Waals surface area contributed by atoms with E-state index >= 15 is 0 Å². The molecule has 0 saturated carbocycles. The maximum absolute atomic E-state index is 4.81. The summed E-state index contributed by atoms with van der Waals surface area (Å²) >= 11 is 0. The van der Waals surface area contributed by atoms with Crippen LogP contribution in [0.5, 0.6) is 0 Å². The molecule has 1 N–H and O–H groups in total. The topological polar surface area (TPSA) is 28.2 Å². The van der Waals surface area contributed by atoms with E-state index in [0.717, 1.165) is 37.4 Å². The van der Waals surface area contributed by atoms with Gasteiger partial charge in [0.2, 0.25) is 0 Å². The highest BCUT2D eigenvalue weighted by atomic mass is 15.2. The van der Waals surface area contributed by atoms with Crippen molar-refractivity contribution in [1.29, 1.82) is 0 Å². The van der Waals surface area contributed by atoms with Crippen LogP contribution in [0, 0.1) is 0 Å². The molecule has 2 rings (SSSR count). The predicted molar refractivity (Wildman–Crippen MR) is 82.7 cm³/mol. The number of anilines is 1. The van der Waals surface area contributed by atoms with Crippen LogP contribution in [0.4, 0.5) is 5.82 Å². The third-order valence-electron chi connectivity index (χ3n) is 3.36. The lowest BCUT2D eigenvalue weighted by molar-refractivity contribution is 0.673. The van der Waals surface area contributed by atoms with Gasteiger partial charge in [-0.15, -0.1) is 0 Å². The molecular formula is C16H23N3. The van der Waals surface area contributed by atoms with E-state index in [-0.39, 0.29) is 0 Å². The first-order valence-corrected chi connectivity index (χ1v) is 7.06. The lowest BCUT2D eigenvalue weighted by Crippen LogP contribution is -2.22. The predicted octanol–water partition coefficient (Wildman–Crippen LogP) is 3.19. The van der Waals surface area contributed by atoms with Crippen LogP contribution in [0.3, 0.4) is 0 Å². The summed E-state index contributed by atoms with van der Waals surface area (Å²) in [5.41, 5.74) is 2.34. The van der Waals surface area contributed by atoms with Gasteiger partial charge in [0.25, 0.3) is 0 Å². The number of pyridine rings is 1. The Morgan fingerprint density at radius 1 is 1.21 bits per heavy atom. The average molecular weight is 257 g/mol. The molecule has 102 valence electrons. The molecule has 19 heavy (non-hydrogen) atoms. The van der Waals surface area contributed by atoms with Gasteiger partial charge < -0.3 is 10.2 Å². The number of benzene rings is 1. The van der Waals surface area contributed by atoms with Crippen molar-refractivity contribution in [3.63, 3.8) is 0 Å². The van der Waals surface area contributed by atoms with Crippen molar-refractivity contribution in [2.75, 3.05) is 25.0 Å². The lowest BCUT2D eigenvalue weighted by atomic mass is 10.1. The quantitative estimate of drug-likeness (QED) is 0.806. The van der Waals surface area contributed by atoms with E-state index in [1.165, 1.54) is 10.9 Å². The van der Waals surface area contributed by atoms with Gasteiger partial charge in [-0.2, -0.15) is 0 Å². The second-order valence-corrected chi connectivity index (χ2v) is 4.85. The number of hydrogen-bond acceptors (Lipinski definition) is 3. The molecule has 1 aromatic heterocycles. The Balaban J connectivity index is 2.38. The molecule has 0 saturated heterocycles. The molecule has 0 aliphatic heterocycles. The van der Waals surface area contributed by atoms with Gasteiger partial charge in [-0.05, 0) is 32.0 Å². The van der Waals surface area contributed by atoms with Crippen LogP contribution in [0.1, 0.15) is 25.8 Å². The number of nitrogens with one attached hydrogen (secondary N) is 1. The third kappa shape index (κ3) is 3.24. The zero-order valence-corrected chi connectivity index (χ0v) is 12.1. The van der Waals surface area contributed by atoms with E-state index in [4.69, 9.17) is 4.98 Å². The molecule has 0 aliphatic carbocycles. The minimum atomic E-state index is 0.880. The maximum Gasteiger partial charge on any atom is 0.133 e. The van der Waals surface area contributed by atoms with E-state index in [1.807, 2.05) is 6.07 Å². The maximum atomic E-state index is 4.81. The fourth-order valence-electron chi connectivity index (χ4n) is 2.16. The molecule has 1 heterocycles. The molecule has 0 aliphatic rings. The van der Waals surface area contributed by atoms with Crippen LogP contribution in [0.2, 0.25) is 0 Å². The van der Waals surface area contributed by atoms with Crippen molar-refractivity contribution < 1.29 is 0 Å². The van der Waals surface area contributed by atoms with Crippen LogP contribution >= 0.6 is 0 Å². The summed E-state index contributed by atoms with van der Waals surface area (Å²) in [6.07, 6.45) is 1.15. The Labute approximate surface area is 115 Å². The molecule has 3 heteroatoms. The highest BCUT2D eigenvalue weighted by molar-refractivity contribution is 5.81. The van der Waals surface area contributed by atoms with Gasteiger partial charge >= 0.3 is 0 Å². The molecule has 1 aromatic carbocycles. The summed E-state index contributed by atoms with van der Waals surface area (Å²) in [5.74, 6) is 1.09. The zero-order valence-electron chi connectivity index (χ0n) is 12.1. The molecular weight excluding hydrogens is 234 g/mol. The second kappa shape index (κ2) is 6.53. The van der Waals surface area contributed by atoms with Crippen LogP contribution in [-0.2, 0) is 6.54 Å². The first-order chi connectivity index (χ1) is 9.26. The van der Waals surface area contributed by atoms with E-state index in [2.05, 4.69) is 55.4 Å². The summed E-state index contributed by atoms with van der Waals surface area (Å²) in [6, 6.07) is 10.6. The van der Waals surface area contributed by atoms with Gasteiger partial charge in [-0.1, -0.05) is 25.1 Å². The van der Waals surface area contributed by atoms with Crippen molar-refractivity contribution in [3.05, 3.63) is 35.9 Å². The van der Waals surface area contributed by atoms with E-state index in [9.17, 15) is 0 Å². The molecule has 0 atom stereocenters. The van der Waals surface area contributed by atoms with Crippen LogP contribution in [0.15, 0.2) is 30.3 Å². The molecule has 0 fully saturated rings. The molecule has 0 radical (unpaired) electrons. The summed E-state index contributed by atoms with van der Waals surface area (Å²) in [7, 11) is 2.10. The molecule has 0 unspecified atom stereocenters. The Morgan fingerprint density at radius 2 is 2.00 bits per heavy atom. The Morgan fingerprint density at radius 3 is 2.74 bits per heavy atom. The van der Waals surface area contributed by atoms with Gasteiger partial charge in [0.05, 0.1) is 5.52 Å². The van der Waals surface area contributed by atoms with Crippen LogP contribution in [-0.4, -0.2) is 25.1 Å². The van der Waals surface area contributed by atoms with E-state index in [1.54, 1.807) is 0 Å². The van der Waals surface area contributed by atoms with Crippen LogP contribution < -0.4 is 10.2 Å². The summed E-state index contributed by atoms with van der Waals surface area (Å²) < 4.78 is 0. The van der Waals surface area contributed by atoms with Crippen molar-refractivity contribution in [3.8, 4) is 0 Å². The summed E-state index contributed by atoms with van der Waals surface area (Å²) in [6.45, 7) is 7.23. The van der Waals surface area contributed by atoms with Crippen molar-refractivity contribution in [2.45, 2.75) is 26.8 Å². The molecule has 3 nitrogen and oxygen atoms in total. The minimum absolute atomic E-state index is 0.880. The largest absolute Gasteiger partial charge is 0.360 e. The third-order valence-corrected chi connectivity index (χ3v) is 3.36. The molecule has 0 bridgehead atoms. The van der Waals surface area contributed by atoms with E-state index < -0.39 is 0 Å². The first-order valence-electron chi connectivity index (χ1n) is 7.06. The average Bonchev–Trinajstić information content (AvgIpc) is 2.46. The van der Waals surface area contributed by atoms with Gasteiger partial charge in [-0.3, -0.25) is 0 Å². The first kappa shape index (κ1) is 13.8. The SMILES string of the molecule is CCCNCc1cc2ccccc2nc1N(C)CC. The summed E-state index contributed by atoms with van der Waals surface area (Å²) in [4.78, 5) is 7.01. The number of para-hydroxylation sites is 1. The van der Waals surface area contributed by atoms with Gasteiger partial charge in [0.15, 0.2) is 0 Å². The highest BCUT2D eigenvalue weighted by Crippen LogP contribution is 2.22. The number of fused-ring (bicyclic) bond motifs is 1. The minimum Gasteiger partial charge on any atom is -0.360 e. The molecule has 2 aromatic rings. The number of nitrogens with zero attached hydrogens (tertiary/aromatic N) is 2. The van der Waals surface area contributed by atoms with E-state index in [0.29, 0.717) is 0 Å². The Bertz CT molecular complexity index is 537. The number of rotatable bonds is 6. The number of hydrogen-bond donors (Lipinski definition) is 1. The van der Waals surface area contributed by atoms with Crippen LogP contribution in [0.25, 0.3) is 10.9 Å². The normalized spacial score (nSPS) is 10.9. The number of aromatic nitrogens is 1. The van der Waals surface area contributed by atoms with Gasteiger partial charge in [-0.25, -0.2) is 4.98 Å². The van der Waals surface area contributed by atoms with Crippen molar-refractivity contribution >= 4 is 16.7 Å². The standard InChI is InChI=1S/C16H23N3/c1-4-10-17-12-14-11-13-8-6-7-9-15(13)18-16(14)19(3)5-2/h6-9,11,17H,4-5,10,12H2,1-3H3. The Hall–Kier alpha value is -1.61. The highest BCUT2D eigenvalue weighted by Gasteiger charge is 2.09. The second-order valence-electron chi connectivity index (χ2n) is 4.85. The van der Waals surface area contributed by atoms with Gasteiger partial charge in [0, 0.05) is 31.1 Å². The Kier molecular flexibility index (Phi) is 4.74. The summed E-state index contributed by atoms with van der Waals surface area (Å²) in [5, 5.41) is 4.68.